The van der Waals surface area contributed by atoms with Crippen LogP contribution >= 0.6 is 0 Å². The highest BCUT2D eigenvalue weighted by Gasteiger charge is 2.34. The number of pyridine rings is 1. The number of aryl methyl sites for hydroxylation is 1. The second kappa shape index (κ2) is 7.93. The molecule has 0 radical (unpaired) electrons. The number of hydrogen-bond donors (Lipinski definition) is 1. The topological polar surface area (TPSA) is 81.8 Å². The van der Waals surface area contributed by atoms with E-state index < -0.39 is 29.8 Å². The van der Waals surface area contributed by atoms with E-state index in [1.807, 2.05) is 0 Å². The quantitative estimate of drug-likeness (QED) is 0.849. The van der Waals surface area contributed by atoms with Gasteiger partial charge in [0.05, 0.1) is 0 Å². The van der Waals surface area contributed by atoms with Crippen molar-refractivity contribution >= 4 is 5.91 Å². The first kappa shape index (κ1) is 19.1. The van der Waals surface area contributed by atoms with E-state index in [0.717, 1.165) is 60.7 Å². The Bertz CT molecular complexity index is 872. The Morgan fingerprint density at radius 3 is 2.81 bits per heavy atom. The number of nitrogens with zero attached hydrogens (tertiary/aromatic N) is 4. The standard InChI is InChI=1S/C17H20F3N5O2/c18-17(19,20)12-5-4-9-24(16(12)27)11-15(26)21-8-7-14-23-22-13-6-2-1-3-10-25(13)14/h4-5,9H,1-3,6-8,10-11H2,(H,21,26). The van der Waals surface area contributed by atoms with Crippen molar-refractivity contribution in [2.75, 3.05) is 6.54 Å². The van der Waals surface area contributed by atoms with Gasteiger partial charge in [0.1, 0.15) is 23.8 Å². The van der Waals surface area contributed by atoms with Crippen molar-refractivity contribution in [3.8, 4) is 0 Å². The molecule has 0 saturated heterocycles. The molecule has 1 amide bonds. The van der Waals surface area contributed by atoms with Crippen LogP contribution in [-0.4, -0.2) is 31.8 Å². The highest BCUT2D eigenvalue weighted by molar-refractivity contribution is 5.75. The average molecular weight is 383 g/mol. The van der Waals surface area contributed by atoms with E-state index in [0.29, 0.717) is 12.5 Å². The first-order valence-electron chi connectivity index (χ1n) is 8.80. The molecule has 2 aromatic heterocycles. The van der Waals surface area contributed by atoms with E-state index in [2.05, 4.69) is 20.1 Å². The molecule has 0 saturated carbocycles. The van der Waals surface area contributed by atoms with Crippen molar-refractivity contribution in [1.29, 1.82) is 0 Å². The number of amides is 1. The molecule has 0 aromatic carbocycles. The van der Waals surface area contributed by atoms with Gasteiger partial charge in [-0.25, -0.2) is 0 Å². The normalized spacial score (nSPS) is 14.5. The zero-order valence-electron chi connectivity index (χ0n) is 14.6. The lowest BCUT2D eigenvalue weighted by molar-refractivity contribution is -0.139. The molecule has 0 atom stereocenters. The number of halogens is 3. The second-order valence-corrected chi connectivity index (χ2v) is 6.45. The number of carbonyl (C=O) groups excluding carboxylic acids is 1. The summed E-state index contributed by atoms with van der Waals surface area (Å²) in [7, 11) is 0. The fraction of sp³-hybridized carbons (Fsp3) is 0.529. The first-order chi connectivity index (χ1) is 12.9. The maximum Gasteiger partial charge on any atom is 0.421 e. The van der Waals surface area contributed by atoms with Gasteiger partial charge in [0.25, 0.3) is 5.56 Å². The van der Waals surface area contributed by atoms with Gasteiger partial charge in [-0.1, -0.05) is 6.42 Å². The van der Waals surface area contributed by atoms with Crippen LogP contribution in [0.25, 0.3) is 0 Å². The molecule has 1 aliphatic heterocycles. The zero-order chi connectivity index (χ0) is 19.4. The predicted octanol–water partition coefficient (Wildman–Crippen LogP) is 1.54. The van der Waals surface area contributed by atoms with Crippen LogP contribution < -0.4 is 10.9 Å². The van der Waals surface area contributed by atoms with Gasteiger partial charge in [-0.2, -0.15) is 13.2 Å². The smallest absolute Gasteiger partial charge is 0.354 e. The van der Waals surface area contributed by atoms with Gasteiger partial charge >= 0.3 is 6.18 Å². The molecule has 0 bridgehead atoms. The maximum atomic E-state index is 12.8. The molecule has 10 heteroatoms. The Hall–Kier alpha value is -2.65. The number of rotatable bonds is 5. The van der Waals surface area contributed by atoms with Gasteiger partial charge < -0.3 is 14.5 Å². The van der Waals surface area contributed by atoms with Crippen LogP contribution in [0.5, 0.6) is 0 Å². The number of alkyl halides is 3. The minimum Gasteiger partial charge on any atom is -0.354 e. The SMILES string of the molecule is O=C(Cn1cccc(C(F)(F)F)c1=O)NCCc1nnc2n1CCCCC2. The third-order valence-corrected chi connectivity index (χ3v) is 4.50. The summed E-state index contributed by atoms with van der Waals surface area (Å²) in [5.41, 5.74) is -2.52. The summed E-state index contributed by atoms with van der Waals surface area (Å²) in [6.45, 7) is 0.649. The van der Waals surface area contributed by atoms with E-state index in [1.165, 1.54) is 0 Å². The molecule has 0 unspecified atom stereocenters. The molecule has 2 aromatic rings. The van der Waals surface area contributed by atoms with Crippen molar-refractivity contribution in [3.63, 3.8) is 0 Å². The van der Waals surface area contributed by atoms with E-state index >= 15 is 0 Å². The van der Waals surface area contributed by atoms with Crippen molar-refractivity contribution in [2.24, 2.45) is 0 Å². The number of aromatic nitrogens is 4. The molecule has 3 rings (SSSR count). The first-order valence-corrected chi connectivity index (χ1v) is 8.80. The van der Waals surface area contributed by atoms with E-state index in [1.54, 1.807) is 0 Å². The summed E-state index contributed by atoms with van der Waals surface area (Å²) < 4.78 is 41.1. The van der Waals surface area contributed by atoms with Gasteiger partial charge in [-0.3, -0.25) is 9.59 Å². The van der Waals surface area contributed by atoms with Crippen molar-refractivity contribution < 1.29 is 18.0 Å². The van der Waals surface area contributed by atoms with Crippen LogP contribution in [0, 0.1) is 0 Å². The Labute approximate surface area is 153 Å². The van der Waals surface area contributed by atoms with Crippen molar-refractivity contribution in [3.05, 3.63) is 45.9 Å². The summed E-state index contributed by atoms with van der Waals surface area (Å²) in [5, 5.41) is 10.9. The third kappa shape index (κ3) is 4.55. The highest BCUT2D eigenvalue weighted by Crippen LogP contribution is 2.25. The minimum atomic E-state index is -4.75. The Kier molecular flexibility index (Phi) is 5.62. The molecule has 1 N–H and O–H groups in total. The molecule has 3 heterocycles. The van der Waals surface area contributed by atoms with Crippen LogP contribution in [0.15, 0.2) is 23.1 Å². The van der Waals surface area contributed by atoms with Crippen LogP contribution in [0.4, 0.5) is 13.2 Å². The van der Waals surface area contributed by atoms with Gasteiger partial charge in [0.2, 0.25) is 5.91 Å². The number of carbonyl (C=O) groups is 1. The molecular weight excluding hydrogens is 363 g/mol. The molecule has 0 aliphatic carbocycles. The van der Waals surface area contributed by atoms with Gasteiger partial charge in [0, 0.05) is 32.1 Å². The lowest BCUT2D eigenvalue weighted by atomic mass is 10.2. The van der Waals surface area contributed by atoms with Crippen LogP contribution in [0.3, 0.4) is 0 Å². The fourth-order valence-corrected chi connectivity index (χ4v) is 3.13. The molecule has 27 heavy (non-hydrogen) atoms. The number of nitrogens with one attached hydrogen (secondary N) is 1. The van der Waals surface area contributed by atoms with Crippen LogP contribution in [0.1, 0.15) is 36.5 Å². The molecule has 0 fully saturated rings. The fourth-order valence-electron chi connectivity index (χ4n) is 3.13. The van der Waals surface area contributed by atoms with Crippen molar-refractivity contribution in [2.45, 2.75) is 51.4 Å². The summed E-state index contributed by atoms with van der Waals surface area (Å²) in [6.07, 6.45) is 1.06. The monoisotopic (exact) mass is 383 g/mol. The van der Waals surface area contributed by atoms with E-state index in [-0.39, 0.29) is 6.54 Å². The zero-order valence-corrected chi connectivity index (χ0v) is 14.6. The van der Waals surface area contributed by atoms with Crippen LogP contribution in [-0.2, 0) is 36.9 Å². The maximum absolute atomic E-state index is 12.8. The molecule has 7 nitrogen and oxygen atoms in total. The lowest BCUT2D eigenvalue weighted by Gasteiger charge is -2.11. The Morgan fingerprint density at radius 2 is 2.04 bits per heavy atom. The number of hydrogen-bond acceptors (Lipinski definition) is 4. The van der Waals surface area contributed by atoms with Crippen LogP contribution in [0.2, 0.25) is 0 Å². The highest BCUT2D eigenvalue weighted by atomic mass is 19.4. The number of fused-ring (bicyclic) bond motifs is 1. The summed E-state index contributed by atoms with van der Waals surface area (Å²) >= 11 is 0. The second-order valence-electron chi connectivity index (χ2n) is 6.45. The lowest BCUT2D eigenvalue weighted by Crippen LogP contribution is -2.35. The Balaban J connectivity index is 1.57. The van der Waals surface area contributed by atoms with Gasteiger partial charge in [0.15, 0.2) is 0 Å². The Morgan fingerprint density at radius 1 is 1.22 bits per heavy atom. The third-order valence-electron chi connectivity index (χ3n) is 4.50. The van der Waals surface area contributed by atoms with Gasteiger partial charge in [-0.05, 0) is 25.0 Å². The molecular formula is C17H20F3N5O2. The van der Waals surface area contributed by atoms with E-state index in [9.17, 15) is 22.8 Å². The summed E-state index contributed by atoms with van der Waals surface area (Å²) in [5.74, 6) is 1.19. The summed E-state index contributed by atoms with van der Waals surface area (Å²) in [4.78, 5) is 23.8. The van der Waals surface area contributed by atoms with Gasteiger partial charge in [-0.15, -0.1) is 10.2 Å². The molecule has 1 aliphatic rings. The predicted molar refractivity (Wildman–Crippen MR) is 90.0 cm³/mol. The summed E-state index contributed by atoms with van der Waals surface area (Å²) in [6, 6.07) is 1.80. The largest absolute Gasteiger partial charge is 0.421 e. The van der Waals surface area contributed by atoms with Crippen molar-refractivity contribution in [1.82, 2.24) is 24.6 Å². The minimum absolute atomic E-state index is 0.269. The molecule has 0 spiro atoms. The molecule has 146 valence electrons. The average Bonchev–Trinajstić information content (AvgIpc) is 2.83. The van der Waals surface area contributed by atoms with E-state index in [4.69, 9.17) is 0 Å².